The van der Waals surface area contributed by atoms with E-state index in [0.29, 0.717) is 25.7 Å². The second kappa shape index (κ2) is 74.4. The topological polar surface area (TPSA) is 237 Å². The van der Waals surface area contributed by atoms with Gasteiger partial charge in [0.2, 0.25) is 0 Å². The lowest BCUT2D eigenvalue weighted by molar-refractivity contribution is -0.161. The van der Waals surface area contributed by atoms with Gasteiger partial charge in [-0.2, -0.15) is 0 Å². The molecule has 0 rings (SSSR count). The molecule has 0 aromatic carbocycles. The average Bonchev–Trinajstić information content (AvgIpc) is 0.922. The summed E-state index contributed by atoms with van der Waals surface area (Å²) in [7, 11) is -9.93. The molecule has 0 radical (unpaired) electrons. The van der Waals surface area contributed by atoms with Crippen LogP contribution < -0.4 is 0 Å². The lowest BCUT2D eigenvalue weighted by Gasteiger charge is -2.21. The second-order valence-electron chi connectivity index (χ2n) is 29.3. The molecule has 2 unspecified atom stereocenters. The van der Waals surface area contributed by atoms with Crippen LogP contribution in [0.15, 0.2) is 24.3 Å². The fourth-order valence-electron chi connectivity index (χ4n) is 12.2. The van der Waals surface area contributed by atoms with Crippen LogP contribution in [0.5, 0.6) is 0 Å². The van der Waals surface area contributed by atoms with Crippen molar-refractivity contribution in [2.45, 2.75) is 432 Å². The number of allylic oxidation sites excluding steroid dienone is 4. The minimum absolute atomic E-state index is 0.102. The molecule has 596 valence electrons. The van der Waals surface area contributed by atoms with Crippen molar-refractivity contribution in [3.63, 3.8) is 0 Å². The quantitative estimate of drug-likeness (QED) is 0.0169. The first kappa shape index (κ1) is 98.5. The number of hydrogen-bond acceptors (Lipinski definition) is 15. The number of aliphatic hydroxyl groups excluding tert-OH is 1. The van der Waals surface area contributed by atoms with Crippen LogP contribution in [0.2, 0.25) is 0 Å². The number of carbonyl (C=O) groups is 4. The summed E-state index contributed by atoms with van der Waals surface area (Å²) in [5.74, 6) is -1.39. The van der Waals surface area contributed by atoms with Gasteiger partial charge in [-0.05, 0) is 57.3 Å². The lowest BCUT2D eigenvalue weighted by atomic mass is 10.0. The fourth-order valence-corrected chi connectivity index (χ4v) is 13.8. The summed E-state index contributed by atoms with van der Waals surface area (Å²) in [6, 6.07) is 0. The van der Waals surface area contributed by atoms with E-state index < -0.39 is 97.5 Å². The normalized spacial score (nSPS) is 14.0. The number of phosphoric acid groups is 2. The standard InChI is InChI=1S/C82H156O17P2/c1-6-9-12-15-18-21-24-26-28-29-30-31-32-33-34-36-38-41-47-52-57-62-67-81(86)98-77(72-93-80(85)66-61-56-51-46-40-37-35-27-25-22-19-16-13-10-7-2)73-96-100(88,89)94-69-76(83)70-95-101(90,91)97-74-78(71-92-79(84)65-60-55-50-45-39-23-20-17-14-11-8-3)99-82(87)68-63-58-53-48-43-42-44-49-54-59-64-75(4)5/h22,25,27,35,75-78,83H,6-21,23-24,26,28-34,36-74H2,1-5H3,(H,88,89)(H,90,91)/b25-22-,35-27-/t76-,77-,78-/m1/s1. The van der Waals surface area contributed by atoms with Gasteiger partial charge < -0.3 is 33.8 Å². The predicted octanol–water partition coefficient (Wildman–Crippen LogP) is 24.4. The van der Waals surface area contributed by atoms with Crippen LogP contribution in [-0.2, 0) is 65.4 Å². The van der Waals surface area contributed by atoms with E-state index in [2.05, 4.69) is 58.9 Å². The summed E-state index contributed by atoms with van der Waals surface area (Å²) in [6.07, 6.45) is 68.9. The Bertz CT molecular complexity index is 2020. The van der Waals surface area contributed by atoms with Crippen LogP contribution in [0.4, 0.5) is 0 Å². The summed E-state index contributed by atoms with van der Waals surface area (Å²) < 4.78 is 68.7. The van der Waals surface area contributed by atoms with Gasteiger partial charge in [0.25, 0.3) is 0 Å². The Kier molecular flexibility index (Phi) is 72.6. The van der Waals surface area contributed by atoms with E-state index in [1.165, 1.54) is 218 Å². The number of carbonyl (C=O) groups excluding carboxylic acids is 4. The molecule has 19 heteroatoms. The molecular formula is C82H156O17P2. The Morgan fingerprint density at radius 2 is 0.535 bits per heavy atom. The lowest BCUT2D eigenvalue weighted by Crippen LogP contribution is -2.30. The molecule has 3 N–H and O–H groups in total. The van der Waals surface area contributed by atoms with Crippen molar-refractivity contribution in [3.05, 3.63) is 24.3 Å². The van der Waals surface area contributed by atoms with E-state index in [1.807, 2.05) is 0 Å². The molecule has 101 heavy (non-hydrogen) atoms. The van der Waals surface area contributed by atoms with Crippen molar-refractivity contribution < 1.29 is 80.2 Å². The monoisotopic (exact) mass is 1480 g/mol. The summed E-state index contributed by atoms with van der Waals surface area (Å²) >= 11 is 0. The molecule has 0 aliphatic carbocycles. The zero-order chi connectivity index (χ0) is 74.1. The molecule has 5 atom stereocenters. The largest absolute Gasteiger partial charge is 0.472 e. The third-order valence-electron chi connectivity index (χ3n) is 18.7. The van der Waals surface area contributed by atoms with Gasteiger partial charge in [0, 0.05) is 25.7 Å². The van der Waals surface area contributed by atoms with Crippen LogP contribution in [0.3, 0.4) is 0 Å². The number of rotatable bonds is 80. The van der Waals surface area contributed by atoms with E-state index in [0.717, 1.165) is 115 Å². The highest BCUT2D eigenvalue weighted by molar-refractivity contribution is 7.47. The summed E-state index contributed by atoms with van der Waals surface area (Å²) in [6.45, 7) is 7.25. The maximum absolute atomic E-state index is 13.1. The maximum Gasteiger partial charge on any atom is 0.472 e. The molecule has 17 nitrogen and oxygen atoms in total. The summed E-state index contributed by atoms with van der Waals surface area (Å²) in [5.41, 5.74) is 0. The van der Waals surface area contributed by atoms with Gasteiger partial charge >= 0.3 is 39.5 Å². The Morgan fingerprint density at radius 1 is 0.307 bits per heavy atom. The first-order valence-corrected chi connectivity index (χ1v) is 44.9. The Labute approximate surface area is 618 Å². The molecule has 0 saturated heterocycles. The molecule has 0 saturated carbocycles. The molecule has 0 aliphatic rings. The maximum atomic E-state index is 13.1. The molecule has 0 aromatic rings. The summed E-state index contributed by atoms with van der Waals surface area (Å²) in [4.78, 5) is 73.0. The molecule has 0 bridgehead atoms. The third kappa shape index (κ3) is 75.6. The molecule has 0 amide bonds. The number of ether oxygens (including phenoxy) is 4. The van der Waals surface area contributed by atoms with Gasteiger partial charge in [0.15, 0.2) is 12.2 Å². The van der Waals surface area contributed by atoms with Crippen molar-refractivity contribution in [3.8, 4) is 0 Å². The van der Waals surface area contributed by atoms with E-state index in [4.69, 9.17) is 37.0 Å². The van der Waals surface area contributed by atoms with Crippen LogP contribution in [0.25, 0.3) is 0 Å². The summed E-state index contributed by atoms with van der Waals surface area (Å²) in [5, 5.41) is 10.6. The van der Waals surface area contributed by atoms with E-state index in [-0.39, 0.29) is 25.7 Å². The number of esters is 4. The van der Waals surface area contributed by atoms with Crippen molar-refractivity contribution >= 4 is 39.5 Å². The van der Waals surface area contributed by atoms with Gasteiger partial charge in [0.05, 0.1) is 26.4 Å². The smallest absolute Gasteiger partial charge is 0.462 e. The van der Waals surface area contributed by atoms with Gasteiger partial charge in [-0.1, -0.05) is 361 Å². The molecule has 0 fully saturated rings. The number of phosphoric ester groups is 2. The number of hydrogen-bond donors (Lipinski definition) is 3. The minimum Gasteiger partial charge on any atom is -0.462 e. The zero-order valence-corrected chi connectivity index (χ0v) is 67.3. The highest BCUT2D eigenvalue weighted by atomic mass is 31.2. The fraction of sp³-hybridized carbons (Fsp3) is 0.902. The van der Waals surface area contributed by atoms with Crippen LogP contribution in [-0.4, -0.2) is 96.7 Å². The Hall–Kier alpha value is -2.46. The average molecular weight is 1480 g/mol. The van der Waals surface area contributed by atoms with Crippen molar-refractivity contribution in [2.24, 2.45) is 5.92 Å². The third-order valence-corrected chi connectivity index (χ3v) is 20.6. The second-order valence-corrected chi connectivity index (χ2v) is 32.2. The van der Waals surface area contributed by atoms with Crippen LogP contribution >= 0.6 is 15.6 Å². The molecule has 0 heterocycles. The van der Waals surface area contributed by atoms with Gasteiger partial charge in [-0.3, -0.25) is 37.3 Å². The van der Waals surface area contributed by atoms with Gasteiger partial charge in [0.1, 0.15) is 19.3 Å². The minimum atomic E-state index is -4.97. The van der Waals surface area contributed by atoms with E-state index >= 15 is 0 Å². The molecule has 0 aromatic heterocycles. The SMILES string of the molecule is CCCCCC/C=C\C=C/CCCCCCCC(=O)OC[C@H](COP(=O)(O)OC[C@@H](O)COP(=O)(O)OC[C@@H](COC(=O)CCCCCCCCCCCCC)OC(=O)CCCCCCCCCCCCC(C)C)OC(=O)CCCCCCCCCCCCCCCCCCCCCCCC. The zero-order valence-electron chi connectivity index (χ0n) is 65.5. The highest BCUT2D eigenvalue weighted by Crippen LogP contribution is 2.45. The molecule has 0 aliphatic heterocycles. The van der Waals surface area contributed by atoms with Crippen LogP contribution in [0, 0.1) is 5.92 Å². The molecular weight excluding hydrogens is 1320 g/mol. The highest BCUT2D eigenvalue weighted by Gasteiger charge is 2.30. The number of unbranched alkanes of at least 4 members (excludes halogenated alkanes) is 49. The predicted molar refractivity (Wildman–Crippen MR) is 414 cm³/mol. The van der Waals surface area contributed by atoms with E-state index in [1.54, 1.807) is 0 Å². The number of aliphatic hydroxyl groups is 1. The van der Waals surface area contributed by atoms with Gasteiger partial charge in [-0.15, -0.1) is 0 Å². The first-order valence-electron chi connectivity index (χ1n) is 42.0. The molecule has 0 spiro atoms. The van der Waals surface area contributed by atoms with Crippen molar-refractivity contribution in [1.82, 2.24) is 0 Å². The van der Waals surface area contributed by atoms with Crippen molar-refractivity contribution in [1.29, 1.82) is 0 Å². The van der Waals surface area contributed by atoms with Crippen LogP contribution in [0.1, 0.15) is 413 Å². The van der Waals surface area contributed by atoms with E-state index in [9.17, 15) is 43.2 Å². The van der Waals surface area contributed by atoms with Crippen molar-refractivity contribution in [2.75, 3.05) is 39.6 Å². The first-order chi connectivity index (χ1) is 49.0. The Balaban J connectivity index is 5.24. The Morgan fingerprint density at radius 3 is 0.812 bits per heavy atom. The van der Waals surface area contributed by atoms with Gasteiger partial charge in [-0.25, -0.2) is 9.13 Å².